The summed E-state index contributed by atoms with van der Waals surface area (Å²) in [6, 6.07) is 0. The van der Waals surface area contributed by atoms with Crippen molar-refractivity contribution in [3.05, 3.63) is 0 Å². The second-order valence-electron chi connectivity index (χ2n) is 0.430. The van der Waals surface area contributed by atoms with Crippen LogP contribution in [-0.2, 0) is 0 Å². The first-order chi connectivity index (χ1) is 2.27. The molecule has 0 aromatic carbocycles. The van der Waals surface area contributed by atoms with Gasteiger partial charge in [-0.3, -0.25) is 0 Å². The van der Waals surface area contributed by atoms with Gasteiger partial charge < -0.3 is 10.1 Å². The summed E-state index contributed by atoms with van der Waals surface area (Å²) in [6.45, 7) is 0. The normalized spacial score (nSPS) is 6.60. The van der Waals surface area contributed by atoms with E-state index in [1.807, 2.05) is 0 Å². The zero-order valence-electron chi connectivity index (χ0n) is 2.36. The molecule has 0 saturated heterocycles. The fraction of sp³-hybridized carbons (Fsp3) is 0. The lowest BCUT2D eigenvalue weighted by Gasteiger charge is -1.78. The minimum atomic E-state index is -1.08. The molecule has 0 heterocycles. The van der Waals surface area contributed by atoms with E-state index in [9.17, 15) is 4.79 Å². The molecule has 0 fully saturated rings. The van der Waals surface area contributed by atoms with Gasteiger partial charge >= 0.3 is 6.09 Å². The van der Waals surface area contributed by atoms with Crippen LogP contribution >= 0.6 is 0 Å². The number of hydrogen-bond acceptors (Lipinski definition) is 1. The van der Waals surface area contributed by atoms with Crippen LogP contribution in [0.3, 0.4) is 0 Å². The van der Waals surface area contributed by atoms with Crippen molar-refractivity contribution in [2.45, 2.75) is 0 Å². The van der Waals surface area contributed by atoms with E-state index in [1.54, 1.807) is 4.98 Å². The minimum Gasteiger partial charge on any atom is -0.466 e. The van der Waals surface area contributed by atoms with Crippen molar-refractivity contribution in [1.29, 1.82) is 0 Å². The SMILES string of the molecule is O=C(O)N[Si]. The quantitative estimate of drug-likeness (QED) is 0.386. The lowest BCUT2D eigenvalue weighted by molar-refractivity contribution is 0.201. The molecule has 0 aromatic rings. The predicted octanol–water partition coefficient (Wildman–Crippen LogP) is -0.663. The Labute approximate surface area is 32.5 Å². The van der Waals surface area contributed by atoms with Crippen LogP contribution in [0.4, 0.5) is 4.79 Å². The number of carbonyl (C=O) groups is 1. The highest BCUT2D eigenvalue weighted by molar-refractivity contribution is 6.12. The average Bonchev–Trinajstić information content (AvgIpc) is 1.38. The highest BCUT2D eigenvalue weighted by Gasteiger charge is 1.77. The van der Waals surface area contributed by atoms with E-state index in [2.05, 4.69) is 10.4 Å². The molecule has 0 unspecified atom stereocenters. The number of hydrogen-bond donors (Lipinski definition) is 2. The van der Waals surface area contributed by atoms with Crippen molar-refractivity contribution >= 4 is 16.5 Å². The molecule has 4 heteroatoms. The number of nitrogens with one attached hydrogen (secondary N) is 1. The Bertz CT molecular complexity index is 44.9. The van der Waals surface area contributed by atoms with Crippen LogP contribution in [0.2, 0.25) is 0 Å². The third kappa shape index (κ3) is 3.49. The summed E-state index contributed by atoms with van der Waals surface area (Å²) in [6.07, 6.45) is -1.08. The summed E-state index contributed by atoms with van der Waals surface area (Å²) < 4.78 is 0. The first-order valence-corrected chi connectivity index (χ1v) is 1.43. The summed E-state index contributed by atoms with van der Waals surface area (Å²) in [5.41, 5.74) is 0. The maximum atomic E-state index is 9.21. The molecule has 0 spiro atoms. The number of amides is 1. The van der Waals surface area contributed by atoms with Gasteiger partial charge in [-0.2, -0.15) is 0 Å². The van der Waals surface area contributed by atoms with Gasteiger partial charge in [0.15, 0.2) is 10.4 Å². The van der Waals surface area contributed by atoms with Crippen LogP contribution in [0.5, 0.6) is 0 Å². The van der Waals surface area contributed by atoms with E-state index in [1.165, 1.54) is 0 Å². The van der Waals surface area contributed by atoms with Crippen LogP contribution in [0.25, 0.3) is 0 Å². The molecule has 2 N–H and O–H groups in total. The van der Waals surface area contributed by atoms with Crippen LogP contribution in [0.1, 0.15) is 0 Å². The van der Waals surface area contributed by atoms with Gasteiger partial charge in [0.2, 0.25) is 0 Å². The van der Waals surface area contributed by atoms with E-state index in [4.69, 9.17) is 5.11 Å². The third-order valence-corrected chi connectivity index (χ3v) is 0.321. The van der Waals surface area contributed by atoms with Gasteiger partial charge in [0.1, 0.15) is 0 Å². The van der Waals surface area contributed by atoms with Crippen molar-refractivity contribution in [1.82, 2.24) is 4.98 Å². The summed E-state index contributed by atoms with van der Waals surface area (Å²) in [4.78, 5) is 11.0. The van der Waals surface area contributed by atoms with Crippen LogP contribution < -0.4 is 4.98 Å². The van der Waals surface area contributed by atoms with Crippen molar-refractivity contribution < 1.29 is 9.90 Å². The molecule has 0 aliphatic carbocycles. The van der Waals surface area contributed by atoms with Gasteiger partial charge in [0.05, 0.1) is 0 Å². The van der Waals surface area contributed by atoms with Gasteiger partial charge in [0, 0.05) is 0 Å². The zero-order chi connectivity index (χ0) is 4.28. The number of rotatable bonds is 0. The Kier molecular flexibility index (Phi) is 1.59. The molecule has 0 aliphatic rings. The smallest absolute Gasteiger partial charge is 0.396 e. The monoisotopic (exact) mass is 88.0 g/mol. The Hall–Kier alpha value is -0.513. The predicted molar refractivity (Wildman–Crippen MR) is 16.9 cm³/mol. The second-order valence-corrected chi connectivity index (χ2v) is 0.680. The van der Waals surface area contributed by atoms with Gasteiger partial charge in [-0.05, 0) is 0 Å². The van der Waals surface area contributed by atoms with E-state index < -0.39 is 6.09 Å². The Morgan fingerprint density at radius 3 is 2.20 bits per heavy atom. The molecule has 0 aliphatic heterocycles. The van der Waals surface area contributed by atoms with Crippen LogP contribution in [-0.4, -0.2) is 21.6 Å². The maximum Gasteiger partial charge on any atom is 0.396 e. The Balaban J connectivity index is 2.85. The molecule has 0 aromatic heterocycles. The molecule has 5 heavy (non-hydrogen) atoms. The first-order valence-electron chi connectivity index (χ1n) is 0.928. The third-order valence-electron chi connectivity index (χ3n) is 0.107. The lowest BCUT2D eigenvalue weighted by Crippen LogP contribution is -2.15. The fourth-order valence-electron chi connectivity index (χ4n) is 0. The average molecular weight is 88.1 g/mol. The molecule has 27 valence electrons. The fourth-order valence-corrected chi connectivity index (χ4v) is 0. The van der Waals surface area contributed by atoms with Crippen molar-refractivity contribution in [2.75, 3.05) is 0 Å². The van der Waals surface area contributed by atoms with E-state index in [0.29, 0.717) is 0 Å². The molecule has 0 rings (SSSR count). The van der Waals surface area contributed by atoms with Crippen molar-refractivity contribution in [2.24, 2.45) is 0 Å². The molecule has 0 bridgehead atoms. The van der Waals surface area contributed by atoms with Gasteiger partial charge in [0.25, 0.3) is 0 Å². The summed E-state index contributed by atoms with van der Waals surface area (Å²) in [5.74, 6) is 0. The first kappa shape index (κ1) is 4.49. The largest absolute Gasteiger partial charge is 0.466 e. The molecular weight excluding hydrogens is 86.1 g/mol. The van der Waals surface area contributed by atoms with E-state index in [-0.39, 0.29) is 0 Å². The van der Waals surface area contributed by atoms with Crippen molar-refractivity contribution in [3.8, 4) is 0 Å². The van der Waals surface area contributed by atoms with E-state index in [0.717, 1.165) is 0 Å². The highest BCUT2D eigenvalue weighted by Crippen LogP contribution is 1.44. The standard InChI is InChI=1S/CH2NO2Si/c3-1(4)2-5/h2H,(H,3,4). The Morgan fingerprint density at radius 2 is 2.20 bits per heavy atom. The van der Waals surface area contributed by atoms with E-state index >= 15 is 0 Å². The van der Waals surface area contributed by atoms with Crippen molar-refractivity contribution in [3.63, 3.8) is 0 Å². The van der Waals surface area contributed by atoms with Gasteiger partial charge in [-0.15, -0.1) is 0 Å². The maximum absolute atomic E-state index is 9.21. The lowest BCUT2D eigenvalue weighted by atomic mass is 11.3. The summed E-state index contributed by atoms with van der Waals surface area (Å²) >= 11 is 0. The topological polar surface area (TPSA) is 49.3 Å². The van der Waals surface area contributed by atoms with Gasteiger partial charge in [-0.1, -0.05) is 0 Å². The van der Waals surface area contributed by atoms with Crippen LogP contribution in [0.15, 0.2) is 0 Å². The molecule has 0 saturated carbocycles. The van der Waals surface area contributed by atoms with Crippen LogP contribution in [0, 0.1) is 0 Å². The Morgan fingerprint density at radius 1 is 2.00 bits per heavy atom. The minimum absolute atomic E-state index is 1.08. The molecule has 3 radical (unpaired) electrons. The highest BCUT2D eigenvalue weighted by atomic mass is 28.2. The second kappa shape index (κ2) is 1.77. The molecule has 0 atom stereocenters. The number of carboxylic acid groups (broad SMARTS) is 1. The molecule has 1 amide bonds. The molecule has 3 nitrogen and oxygen atoms in total. The van der Waals surface area contributed by atoms with Gasteiger partial charge in [-0.25, -0.2) is 4.79 Å². The summed E-state index contributed by atoms with van der Waals surface area (Å²) in [7, 11) is 2.51. The molecular formula is CH2NO2Si. The summed E-state index contributed by atoms with van der Waals surface area (Å²) in [5, 5.41) is 7.56. The zero-order valence-corrected chi connectivity index (χ0v) is 3.36.